The number of amides is 2. The second kappa shape index (κ2) is 9.41. The zero-order chi connectivity index (χ0) is 20.6. The van der Waals surface area contributed by atoms with Gasteiger partial charge in [0.15, 0.2) is 0 Å². The highest BCUT2D eigenvalue weighted by molar-refractivity contribution is 5.99. The molecule has 0 unspecified atom stereocenters. The Bertz CT molecular complexity index is 986. The summed E-state index contributed by atoms with van der Waals surface area (Å²) in [6.45, 7) is 2.29. The molecule has 0 heterocycles. The molecule has 0 aliphatic carbocycles. The third-order valence-corrected chi connectivity index (χ3v) is 4.32. The van der Waals surface area contributed by atoms with Gasteiger partial charge >= 0.3 is 0 Å². The molecule has 0 aliphatic rings. The van der Waals surface area contributed by atoms with Crippen molar-refractivity contribution in [1.82, 2.24) is 10.9 Å². The molecule has 2 N–H and O–H groups in total. The molecule has 29 heavy (non-hydrogen) atoms. The first-order valence-electron chi connectivity index (χ1n) is 9.09. The highest BCUT2D eigenvalue weighted by Crippen LogP contribution is 2.18. The van der Waals surface area contributed by atoms with Gasteiger partial charge in [0.2, 0.25) is 0 Å². The number of aryl methyl sites for hydroxylation is 1. The smallest absolute Gasteiger partial charge is 0.269 e. The highest BCUT2D eigenvalue weighted by atomic mass is 16.5. The lowest BCUT2D eigenvalue weighted by molar-refractivity contribution is 0.0846. The number of methoxy groups -OCH3 is 1. The number of rotatable bonds is 6. The number of para-hydroxylation sites is 1. The molecule has 0 atom stereocenters. The molecule has 3 aromatic rings. The average molecular weight is 390 g/mol. The first-order chi connectivity index (χ1) is 14.1. The van der Waals surface area contributed by atoms with Crippen LogP contribution >= 0.6 is 0 Å². The molecule has 0 radical (unpaired) electrons. The molecule has 3 rings (SSSR count). The highest BCUT2D eigenvalue weighted by Gasteiger charge is 2.11. The Morgan fingerprint density at radius 3 is 2.10 bits per heavy atom. The normalized spacial score (nSPS) is 10.1. The molecule has 0 spiro atoms. The van der Waals surface area contributed by atoms with Gasteiger partial charge in [0.05, 0.1) is 7.11 Å². The van der Waals surface area contributed by atoms with E-state index < -0.39 is 11.8 Å². The lowest BCUT2D eigenvalue weighted by atomic mass is 10.1. The molecule has 6 nitrogen and oxygen atoms in total. The minimum absolute atomic E-state index is 0.390. The Morgan fingerprint density at radius 1 is 0.828 bits per heavy atom. The third-order valence-electron chi connectivity index (χ3n) is 4.32. The fourth-order valence-electron chi connectivity index (χ4n) is 2.65. The van der Waals surface area contributed by atoms with Crippen LogP contribution in [0, 0.1) is 6.92 Å². The molecule has 0 saturated carbocycles. The number of hydrogen-bond donors (Lipinski definition) is 2. The maximum Gasteiger partial charge on any atom is 0.269 e. The topological polar surface area (TPSA) is 76.7 Å². The number of carbonyl (C=O) groups excluding carboxylic acids is 2. The number of nitrogens with one attached hydrogen (secondary N) is 2. The Kier molecular flexibility index (Phi) is 6.47. The van der Waals surface area contributed by atoms with E-state index in [-0.39, 0.29) is 0 Å². The van der Waals surface area contributed by atoms with E-state index in [1.54, 1.807) is 37.4 Å². The minimum atomic E-state index is -0.426. The summed E-state index contributed by atoms with van der Waals surface area (Å²) in [5.74, 6) is 0.555. The molecule has 0 fully saturated rings. The van der Waals surface area contributed by atoms with Crippen molar-refractivity contribution in [3.05, 3.63) is 95.1 Å². The van der Waals surface area contributed by atoms with Gasteiger partial charge in [-0.25, -0.2) is 0 Å². The zero-order valence-corrected chi connectivity index (χ0v) is 16.3. The molecule has 3 aromatic carbocycles. The molecule has 148 valence electrons. The van der Waals surface area contributed by atoms with Crippen LogP contribution in [0.25, 0.3) is 0 Å². The van der Waals surface area contributed by atoms with Crippen molar-refractivity contribution < 1.29 is 19.1 Å². The minimum Gasteiger partial charge on any atom is -0.496 e. The van der Waals surface area contributed by atoms with E-state index in [0.717, 1.165) is 16.9 Å². The van der Waals surface area contributed by atoms with Crippen molar-refractivity contribution in [2.45, 2.75) is 13.5 Å². The van der Waals surface area contributed by atoms with Gasteiger partial charge < -0.3 is 9.47 Å². The van der Waals surface area contributed by atoms with Crippen LogP contribution in [0.4, 0.5) is 0 Å². The molecule has 0 saturated heterocycles. The van der Waals surface area contributed by atoms with E-state index in [2.05, 4.69) is 10.9 Å². The lowest BCUT2D eigenvalue weighted by Crippen LogP contribution is -2.41. The van der Waals surface area contributed by atoms with Crippen LogP contribution < -0.4 is 20.3 Å². The van der Waals surface area contributed by atoms with Crippen molar-refractivity contribution in [2.75, 3.05) is 7.11 Å². The monoisotopic (exact) mass is 390 g/mol. The van der Waals surface area contributed by atoms with Gasteiger partial charge in [-0.2, -0.15) is 0 Å². The van der Waals surface area contributed by atoms with E-state index in [1.807, 2.05) is 49.4 Å². The largest absolute Gasteiger partial charge is 0.496 e. The van der Waals surface area contributed by atoms with Crippen LogP contribution in [0.15, 0.2) is 72.8 Å². The van der Waals surface area contributed by atoms with E-state index >= 15 is 0 Å². The molecule has 0 aromatic heterocycles. The van der Waals surface area contributed by atoms with Crippen molar-refractivity contribution >= 4 is 11.8 Å². The van der Waals surface area contributed by atoms with Gasteiger partial charge in [0, 0.05) is 11.1 Å². The van der Waals surface area contributed by atoms with Crippen LogP contribution in [0.5, 0.6) is 11.5 Å². The number of hydrogen-bond acceptors (Lipinski definition) is 4. The molecule has 0 bridgehead atoms. The predicted octanol–water partition coefficient (Wildman–Crippen LogP) is 3.66. The van der Waals surface area contributed by atoms with Crippen LogP contribution in [0.3, 0.4) is 0 Å². The van der Waals surface area contributed by atoms with Crippen LogP contribution in [0.2, 0.25) is 0 Å². The Morgan fingerprint density at radius 2 is 1.45 bits per heavy atom. The summed E-state index contributed by atoms with van der Waals surface area (Å²) in [6, 6.07) is 21.6. The van der Waals surface area contributed by atoms with Gasteiger partial charge in [0.25, 0.3) is 11.8 Å². The maximum atomic E-state index is 12.3. The third kappa shape index (κ3) is 5.35. The van der Waals surface area contributed by atoms with Gasteiger partial charge in [-0.1, -0.05) is 36.4 Å². The standard InChI is InChI=1S/C23H22N2O4/c1-16-8-11-19(14-21(16)28-2)23(27)25-24-22(26)18-12-9-17(10-13-18)15-29-20-6-4-3-5-7-20/h3-14H,15H2,1-2H3,(H,24,26)(H,25,27). The van der Waals surface area contributed by atoms with Crippen LogP contribution in [-0.2, 0) is 6.61 Å². The summed E-state index contributed by atoms with van der Waals surface area (Å²) >= 11 is 0. The van der Waals surface area contributed by atoms with Crippen molar-refractivity contribution in [1.29, 1.82) is 0 Å². The van der Waals surface area contributed by atoms with Crippen molar-refractivity contribution in [3.8, 4) is 11.5 Å². The second-order valence-electron chi connectivity index (χ2n) is 6.39. The maximum absolute atomic E-state index is 12.3. The van der Waals surface area contributed by atoms with Crippen molar-refractivity contribution in [2.24, 2.45) is 0 Å². The lowest BCUT2D eigenvalue weighted by Gasteiger charge is -2.10. The predicted molar refractivity (Wildman–Crippen MR) is 110 cm³/mol. The fourth-order valence-corrected chi connectivity index (χ4v) is 2.65. The summed E-state index contributed by atoms with van der Waals surface area (Å²) in [5, 5.41) is 0. The van der Waals surface area contributed by atoms with Gasteiger partial charge in [-0.15, -0.1) is 0 Å². The molecule has 0 aliphatic heterocycles. The Balaban J connectivity index is 1.53. The molecule has 6 heteroatoms. The summed E-state index contributed by atoms with van der Waals surface area (Å²) in [4.78, 5) is 24.5. The van der Waals surface area contributed by atoms with Crippen molar-refractivity contribution in [3.63, 3.8) is 0 Å². The van der Waals surface area contributed by atoms with Gasteiger partial charge in [-0.05, 0) is 54.4 Å². The van der Waals surface area contributed by atoms with Gasteiger partial charge in [0.1, 0.15) is 18.1 Å². The van der Waals surface area contributed by atoms with Gasteiger partial charge in [-0.3, -0.25) is 20.4 Å². The number of hydrazine groups is 1. The summed E-state index contributed by atoms with van der Waals surface area (Å²) in [6.07, 6.45) is 0. The van der Waals surface area contributed by atoms with Crippen LogP contribution in [0.1, 0.15) is 31.8 Å². The zero-order valence-electron chi connectivity index (χ0n) is 16.3. The quantitative estimate of drug-likeness (QED) is 0.630. The fraction of sp³-hybridized carbons (Fsp3) is 0.130. The SMILES string of the molecule is COc1cc(C(=O)NNC(=O)c2ccc(COc3ccccc3)cc2)ccc1C. The second-order valence-corrected chi connectivity index (χ2v) is 6.39. The van der Waals surface area contributed by atoms with E-state index in [1.165, 1.54) is 0 Å². The molecular formula is C23H22N2O4. The summed E-state index contributed by atoms with van der Waals surface area (Å²) < 4.78 is 10.9. The Hall–Kier alpha value is -3.80. The Labute approximate surface area is 169 Å². The number of ether oxygens (including phenoxy) is 2. The molecule has 2 amide bonds. The van der Waals surface area contributed by atoms with Crippen LogP contribution in [-0.4, -0.2) is 18.9 Å². The molecular weight excluding hydrogens is 368 g/mol. The summed E-state index contributed by atoms with van der Waals surface area (Å²) in [7, 11) is 1.54. The van der Waals surface area contributed by atoms with E-state index in [4.69, 9.17) is 9.47 Å². The first kappa shape index (κ1) is 19.9. The first-order valence-corrected chi connectivity index (χ1v) is 9.09. The number of benzene rings is 3. The average Bonchev–Trinajstić information content (AvgIpc) is 2.77. The van der Waals surface area contributed by atoms with E-state index in [9.17, 15) is 9.59 Å². The number of carbonyl (C=O) groups is 2. The summed E-state index contributed by atoms with van der Waals surface area (Å²) in [5.41, 5.74) is 7.50. The van der Waals surface area contributed by atoms with E-state index in [0.29, 0.717) is 23.5 Å².